The smallest absolute Gasteiger partial charge is 0.187 e. The summed E-state index contributed by atoms with van der Waals surface area (Å²) in [7, 11) is 0. The van der Waals surface area contributed by atoms with Crippen molar-refractivity contribution in [3.05, 3.63) is 107 Å². The van der Waals surface area contributed by atoms with Crippen molar-refractivity contribution in [3.63, 3.8) is 0 Å². The van der Waals surface area contributed by atoms with Crippen molar-refractivity contribution in [2.45, 2.75) is 4.90 Å². The second-order valence-electron chi connectivity index (χ2n) is 5.64. The van der Waals surface area contributed by atoms with Crippen molar-refractivity contribution in [2.75, 3.05) is 0 Å². The lowest BCUT2D eigenvalue weighted by Gasteiger charge is -2.18. The quantitative estimate of drug-likeness (QED) is 0.453. The molecule has 0 spiro atoms. The van der Waals surface area contributed by atoms with Gasteiger partial charge in [0, 0.05) is 27.0 Å². The summed E-state index contributed by atoms with van der Waals surface area (Å²) < 4.78 is 0. The van der Waals surface area contributed by atoms with Crippen LogP contribution >= 0.6 is 11.8 Å². The monoisotopic (exact) mass is 341 g/mol. The number of hydrogen-bond donors (Lipinski definition) is 0. The van der Waals surface area contributed by atoms with Crippen LogP contribution < -0.4 is 0 Å². The van der Waals surface area contributed by atoms with Gasteiger partial charge in [-0.1, -0.05) is 84.6 Å². The number of para-hydroxylation sites is 1. The fraction of sp³-hybridized carbons (Fsp3) is 0. The van der Waals surface area contributed by atoms with Gasteiger partial charge in [0.05, 0.1) is 11.4 Å². The molecule has 2 nitrogen and oxygen atoms in total. The van der Waals surface area contributed by atoms with E-state index >= 15 is 0 Å². The highest BCUT2D eigenvalue weighted by Crippen LogP contribution is 2.41. The van der Waals surface area contributed by atoms with Crippen LogP contribution in [-0.4, -0.2) is 11.5 Å². The molecule has 3 aromatic carbocycles. The Morgan fingerprint density at radius 2 is 1.44 bits per heavy atom. The molecule has 0 saturated heterocycles. The zero-order chi connectivity index (χ0) is 17.1. The first kappa shape index (κ1) is 15.6. The van der Waals surface area contributed by atoms with Gasteiger partial charge in [0.15, 0.2) is 5.78 Å². The molecule has 3 heteroatoms. The molecular weight excluding hydrogens is 326 g/mol. The van der Waals surface area contributed by atoms with Crippen LogP contribution in [0.4, 0.5) is 5.69 Å². The van der Waals surface area contributed by atoms with Gasteiger partial charge in [-0.2, -0.15) is 0 Å². The molecule has 0 fully saturated rings. The van der Waals surface area contributed by atoms with E-state index in [2.05, 4.69) is 0 Å². The SMILES string of the molecule is O=C(/C=C1\Sc2ccccc2N=C1c1ccccc1)c1ccccc1. The predicted octanol–water partition coefficient (Wildman–Crippen LogP) is 5.68. The lowest BCUT2D eigenvalue weighted by atomic mass is 10.1. The Balaban J connectivity index is 1.80. The van der Waals surface area contributed by atoms with E-state index in [-0.39, 0.29) is 5.78 Å². The third kappa shape index (κ3) is 3.32. The Kier molecular flexibility index (Phi) is 4.32. The maximum atomic E-state index is 12.7. The van der Waals surface area contributed by atoms with Crippen LogP contribution in [-0.2, 0) is 0 Å². The molecule has 0 atom stereocenters. The van der Waals surface area contributed by atoms with E-state index in [1.54, 1.807) is 17.8 Å². The highest BCUT2D eigenvalue weighted by Gasteiger charge is 2.20. The molecule has 4 rings (SSSR count). The van der Waals surface area contributed by atoms with E-state index in [9.17, 15) is 4.79 Å². The number of benzene rings is 3. The van der Waals surface area contributed by atoms with E-state index in [0.29, 0.717) is 5.56 Å². The van der Waals surface area contributed by atoms with Gasteiger partial charge in [-0.05, 0) is 12.1 Å². The van der Waals surface area contributed by atoms with Gasteiger partial charge in [0.2, 0.25) is 0 Å². The van der Waals surface area contributed by atoms with E-state index in [0.717, 1.165) is 26.8 Å². The lowest BCUT2D eigenvalue weighted by Crippen LogP contribution is -2.08. The maximum Gasteiger partial charge on any atom is 0.187 e. The summed E-state index contributed by atoms with van der Waals surface area (Å²) in [5, 5.41) is 0. The van der Waals surface area contributed by atoms with Crippen LogP contribution in [0.5, 0.6) is 0 Å². The van der Waals surface area contributed by atoms with E-state index in [4.69, 9.17) is 4.99 Å². The first-order valence-electron chi connectivity index (χ1n) is 8.04. The minimum absolute atomic E-state index is 0.00823. The number of fused-ring (bicyclic) bond motifs is 1. The van der Waals surface area contributed by atoms with E-state index in [1.807, 2.05) is 84.9 Å². The number of allylic oxidation sites excluding steroid dienone is 2. The third-order valence-electron chi connectivity index (χ3n) is 3.92. The fourth-order valence-electron chi connectivity index (χ4n) is 2.68. The number of ketones is 1. The van der Waals surface area contributed by atoms with Crippen molar-refractivity contribution in [3.8, 4) is 0 Å². The zero-order valence-electron chi connectivity index (χ0n) is 13.4. The minimum Gasteiger partial charge on any atom is -0.289 e. The van der Waals surface area contributed by atoms with Gasteiger partial charge < -0.3 is 0 Å². The second kappa shape index (κ2) is 6.91. The first-order valence-corrected chi connectivity index (χ1v) is 8.85. The fourth-order valence-corrected chi connectivity index (χ4v) is 3.71. The van der Waals surface area contributed by atoms with Gasteiger partial charge >= 0.3 is 0 Å². The van der Waals surface area contributed by atoms with E-state index in [1.165, 1.54) is 0 Å². The van der Waals surface area contributed by atoms with Crippen LogP contribution in [0, 0.1) is 0 Å². The number of thioether (sulfide) groups is 1. The summed E-state index contributed by atoms with van der Waals surface area (Å²) in [4.78, 5) is 19.4. The highest BCUT2D eigenvalue weighted by molar-refractivity contribution is 8.04. The molecular formula is C22H15NOS. The van der Waals surface area contributed by atoms with Crippen molar-refractivity contribution in [2.24, 2.45) is 4.99 Å². The summed E-state index contributed by atoms with van der Waals surface area (Å²) in [6.07, 6.45) is 1.70. The molecule has 0 N–H and O–H groups in total. The van der Waals surface area contributed by atoms with Gasteiger partial charge in [0.1, 0.15) is 0 Å². The summed E-state index contributed by atoms with van der Waals surface area (Å²) >= 11 is 1.59. The third-order valence-corrected chi connectivity index (χ3v) is 5.01. The van der Waals surface area contributed by atoms with Crippen molar-refractivity contribution < 1.29 is 4.79 Å². The predicted molar refractivity (Wildman–Crippen MR) is 104 cm³/mol. The topological polar surface area (TPSA) is 29.4 Å². The standard InChI is InChI=1S/C22H15NOS/c24-19(16-9-3-1-4-10-16)15-21-22(17-11-5-2-6-12-17)23-18-13-7-8-14-20(18)25-21/h1-15H/b21-15-. The van der Waals surface area contributed by atoms with Crippen molar-refractivity contribution in [1.29, 1.82) is 0 Å². The first-order chi connectivity index (χ1) is 12.3. The summed E-state index contributed by atoms with van der Waals surface area (Å²) in [6.45, 7) is 0. The summed E-state index contributed by atoms with van der Waals surface area (Å²) in [5.41, 5.74) is 3.47. The van der Waals surface area contributed by atoms with Crippen LogP contribution in [0.2, 0.25) is 0 Å². The number of rotatable bonds is 3. The maximum absolute atomic E-state index is 12.7. The normalized spacial score (nSPS) is 14.7. The molecule has 0 saturated carbocycles. The molecule has 0 bridgehead atoms. The Hall–Kier alpha value is -2.91. The Labute approximate surface area is 150 Å². The van der Waals surface area contributed by atoms with Crippen LogP contribution in [0.15, 0.2) is 106 Å². The molecule has 1 aliphatic heterocycles. The zero-order valence-corrected chi connectivity index (χ0v) is 14.2. The Morgan fingerprint density at radius 3 is 2.20 bits per heavy atom. The van der Waals surface area contributed by atoms with Gasteiger partial charge in [-0.3, -0.25) is 4.79 Å². The Bertz CT molecular complexity index is 975. The largest absolute Gasteiger partial charge is 0.289 e. The average Bonchev–Trinajstić information content (AvgIpc) is 2.69. The molecule has 3 aromatic rings. The molecule has 0 radical (unpaired) electrons. The van der Waals surface area contributed by atoms with Gasteiger partial charge in [-0.25, -0.2) is 4.99 Å². The minimum atomic E-state index is -0.00823. The van der Waals surface area contributed by atoms with Crippen molar-refractivity contribution >= 4 is 28.9 Å². The molecule has 120 valence electrons. The van der Waals surface area contributed by atoms with Crippen molar-refractivity contribution in [1.82, 2.24) is 0 Å². The molecule has 0 aromatic heterocycles. The molecule has 0 unspecified atom stereocenters. The number of carbonyl (C=O) groups is 1. The lowest BCUT2D eigenvalue weighted by molar-refractivity contribution is 0.104. The second-order valence-corrected chi connectivity index (χ2v) is 6.72. The molecule has 0 aliphatic carbocycles. The molecule has 0 amide bonds. The number of aliphatic imine (C=N–C) groups is 1. The average molecular weight is 341 g/mol. The van der Waals surface area contributed by atoms with Gasteiger partial charge in [0.25, 0.3) is 0 Å². The molecule has 25 heavy (non-hydrogen) atoms. The van der Waals surface area contributed by atoms with Crippen LogP contribution in [0.1, 0.15) is 15.9 Å². The van der Waals surface area contributed by atoms with Crippen LogP contribution in [0.3, 0.4) is 0 Å². The highest BCUT2D eigenvalue weighted by atomic mass is 32.2. The molecule has 1 heterocycles. The Morgan fingerprint density at radius 1 is 0.800 bits per heavy atom. The summed E-state index contributed by atoms with van der Waals surface area (Å²) in [6, 6.07) is 27.3. The summed E-state index contributed by atoms with van der Waals surface area (Å²) in [5.74, 6) is -0.00823. The van der Waals surface area contributed by atoms with Gasteiger partial charge in [-0.15, -0.1) is 0 Å². The van der Waals surface area contributed by atoms with Crippen LogP contribution in [0.25, 0.3) is 0 Å². The van der Waals surface area contributed by atoms with E-state index < -0.39 is 0 Å². The number of carbonyl (C=O) groups excluding carboxylic acids is 1. The number of nitrogens with zero attached hydrogens (tertiary/aromatic N) is 1. The molecule has 1 aliphatic rings. The number of hydrogen-bond acceptors (Lipinski definition) is 3.